The molecule has 1 saturated carbocycles. The van der Waals surface area contributed by atoms with Gasteiger partial charge >= 0.3 is 0 Å². The number of sulfonamides is 1. The fraction of sp³-hybridized carbons (Fsp3) is 0.316. The lowest BCUT2D eigenvalue weighted by molar-refractivity contribution is 0.0946. The van der Waals surface area contributed by atoms with Crippen molar-refractivity contribution in [1.29, 1.82) is 0 Å². The van der Waals surface area contributed by atoms with E-state index in [1.807, 2.05) is 0 Å². The summed E-state index contributed by atoms with van der Waals surface area (Å²) in [6.45, 7) is 4.15. The predicted molar refractivity (Wildman–Crippen MR) is 98.6 cm³/mol. The molecular formula is C19H22N2O4S. The highest BCUT2D eigenvalue weighted by atomic mass is 32.2. The molecule has 2 aromatic carbocycles. The van der Waals surface area contributed by atoms with E-state index in [4.69, 9.17) is 9.88 Å². The first-order chi connectivity index (χ1) is 12.1. The van der Waals surface area contributed by atoms with Gasteiger partial charge in [0.2, 0.25) is 10.0 Å². The Kier molecular flexibility index (Phi) is 4.54. The summed E-state index contributed by atoms with van der Waals surface area (Å²) in [6.07, 6.45) is 0. The van der Waals surface area contributed by atoms with E-state index in [9.17, 15) is 13.2 Å². The summed E-state index contributed by atoms with van der Waals surface area (Å²) < 4.78 is 27.9. The van der Waals surface area contributed by atoms with Crippen LogP contribution < -0.4 is 15.2 Å². The van der Waals surface area contributed by atoms with Crippen LogP contribution >= 0.6 is 0 Å². The maximum atomic E-state index is 12.5. The Morgan fingerprint density at radius 1 is 1.08 bits per heavy atom. The molecule has 138 valence electrons. The van der Waals surface area contributed by atoms with E-state index in [0.717, 1.165) is 5.56 Å². The fourth-order valence-corrected chi connectivity index (χ4v) is 3.88. The van der Waals surface area contributed by atoms with Crippen LogP contribution in [0.3, 0.4) is 0 Å². The van der Waals surface area contributed by atoms with Gasteiger partial charge in [0.15, 0.2) is 0 Å². The van der Waals surface area contributed by atoms with Crippen molar-refractivity contribution in [3.8, 4) is 5.75 Å². The van der Waals surface area contributed by atoms with Gasteiger partial charge in [-0.15, -0.1) is 0 Å². The molecule has 0 unspecified atom stereocenters. The van der Waals surface area contributed by atoms with Gasteiger partial charge in [0.05, 0.1) is 12.0 Å². The summed E-state index contributed by atoms with van der Waals surface area (Å²) in [5, 5.41) is 8.21. The van der Waals surface area contributed by atoms with Gasteiger partial charge in [-0.25, -0.2) is 13.6 Å². The Labute approximate surface area is 153 Å². The van der Waals surface area contributed by atoms with E-state index in [1.165, 1.54) is 12.1 Å². The van der Waals surface area contributed by atoms with Crippen molar-refractivity contribution < 1.29 is 17.9 Å². The second-order valence-corrected chi connectivity index (χ2v) is 8.65. The van der Waals surface area contributed by atoms with E-state index in [0.29, 0.717) is 11.3 Å². The lowest BCUT2D eigenvalue weighted by Crippen LogP contribution is -2.28. The van der Waals surface area contributed by atoms with E-state index in [1.54, 1.807) is 43.5 Å². The highest BCUT2D eigenvalue weighted by Crippen LogP contribution is 2.58. The van der Waals surface area contributed by atoms with Gasteiger partial charge in [-0.1, -0.05) is 26.0 Å². The highest BCUT2D eigenvalue weighted by Gasteiger charge is 2.59. The molecule has 2 atom stereocenters. The third kappa shape index (κ3) is 3.45. The zero-order chi connectivity index (χ0) is 19.1. The van der Waals surface area contributed by atoms with Crippen molar-refractivity contribution in [2.75, 3.05) is 7.11 Å². The smallest absolute Gasteiger partial charge is 0.251 e. The van der Waals surface area contributed by atoms with Crippen LogP contribution in [0.1, 0.15) is 35.7 Å². The zero-order valence-corrected chi connectivity index (χ0v) is 15.7. The van der Waals surface area contributed by atoms with Crippen LogP contribution in [0.5, 0.6) is 5.75 Å². The number of nitrogens with one attached hydrogen (secondary N) is 1. The third-order valence-corrected chi connectivity index (χ3v) is 5.96. The molecule has 0 spiro atoms. The largest absolute Gasteiger partial charge is 0.497 e. The molecule has 1 aliphatic rings. The minimum absolute atomic E-state index is 0.0302. The third-order valence-electron chi connectivity index (χ3n) is 5.03. The molecule has 0 bridgehead atoms. The number of methoxy groups -OCH3 is 1. The zero-order valence-electron chi connectivity index (χ0n) is 14.9. The Balaban J connectivity index is 1.74. The van der Waals surface area contributed by atoms with Crippen LogP contribution in [0.25, 0.3) is 0 Å². The standard InChI is InChI=1S/C19H22N2O4S/c1-19(2)16(12-6-10-15(11-7-12)26(20,23)24)17(19)21-18(22)13-4-8-14(25-3)9-5-13/h4-11,16-17H,1-3H3,(H,21,22)(H2,20,23,24)/t16-,17-/m1/s1. The molecule has 3 rings (SSSR count). The molecule has 26 heavy (non-hydrogen) atoms. The van der Waals surface area contributed by atoms with Crippen LogP contribution in [-0.2, 0) is 10.0 Å². The molecule has 0 aromatic heterocycles. The Morgan fingerprint density at radius 2 is 1.65 bits per heavy atom. The number of amides is 1. The average molecular weight is 374 g/mol. The molecule has 2 aromatic rings. The number of benzene rings is 2. The summed E-state index contributed by atoms with van der Waals surface area (Å²) >= 11 is 0. The Morgan fingerprint density at radius 3 is 2.15 bits per heavy atom. The summed E-state index contributed by atoms with van der Waals surface area (Å²) in [4.78, 5) is 12.6. The number of carbonyl (C=O) groups excluding carboxylic acids is 1. The number of carbonyl (C=O) groups is 1. The first-order valence-electron chi connectivity index (χ1n) is 8.22. The topological polar surface area (TPSA) is 98.5 Å². The van der Waals surface area contributed by atoms with Crippen LogP contribution in [0.2, 0.25) is 0 Å². The van der Waals surface area contributed by atoms with Gasteiger partial charge < -0.3 is 10.1 Å². The molecule has 0 heterocycles. The van der Waals surface area contributed by atoms with Gasteiger partial charge in [-0.05, 0) is 47.4 Å². The molecule has 1 amide bonds. The molecule has 1 aliphatic carbocycles. The van der Waals surface area contributed by atoms with Crippen LogP contribution in [0.4, 0.5) is 0 Å². The summed E-state index contributed by atoms with van der Waals surface area (Å²) in [5.74, 6) is 0.662. The molecular weight excluding hydrogens is 352 g/mol. The van der Waals surface area contributed by atoms with Crippen LogP contribution in [0, 0.1) is 5.41 Å². The number of nitrogens with two attached hydrogens (primary N) is 1. The van der Waals surface area contributed by atoms with Crippen LogP contribution in [-0.4, -0.2) is 27.5 Å². The van der Waals surface area contributed by atoms with Gasteiger partial charge in [0, 0.05) is 17.5 Å². The van der Waals surface area contributed by atoms with Crippen molar-refractivity contribution in [1.82, 2.24) is 5.32 Å². The number of primary sulfonamides is 1. The molecule has 0 radical (unpaired) electrons. The molecule has 1 fully saturated rings. The Hall–Kier alpha value is -2.38. The maximum Gasteiger partial charge on any atom is 0.251 e. The molecule has 7 heteroatoms. The van der Waals surface area contributed by atoms with E-state index >= 15 is 0 Å². The predicted octanol–water partition coefficient (Wildman–Crippen LogP) is 2.26. The summed E-state index contributed by atoms with van der Waals surface area (Å²) in [6, 6.07) is 13.4. The molecule has 3 N–H and O–H groups in total. The number of hydrogen-bond donors (Lipinski definition) is 2. The second kappa shape index (κ2) is 6.41. The fourth-order valence-electron chi connectivity index (χ4n) is 3.36. The summed E-state index contributed by atoms with van der Waals surface area (Å²) in [7, 11) is -2.13. The lowest BCUT2D eigenvalue weighted by Gasteiger charge is -2.07. The van der Waals surface area contributed by atoms with Crippen molar-refractivity contribution in [3.05, 3.63) is 59.7 Å². The SMILES string of the molecule is COc1ccc(C(=O)N[C@@H]2[C@@H](c3ccc(S(N)(=O)=O)cc3)C2(C)C)cc1. The van der Waals surface area contributed by atoms with Crippen molar-refractivity contribution >= 4 is 15.9 Å². The molecule has 0 aliphatic heterocycles. The first-order valence-corrected chi connectivity index (χ1v) is 9.77. The quantitative estimate of drug-likeness (QED) is 0.839. The first kappa shape index (κ1) is 18.4. The normalized spacial score (nSPS) is 21.1. The van der Waals surface area contributed by atoms with Crippen molar-refractivity contribution in [2.45, 2.75) is 30.7 Å². The van der Waals surface area contributed by atoms with Gasteiger partial charge in [-0.2, -0.15) is 0 Å². The monoisotopic (exact) mass is 374 g/mol. The van der Waals surface area contributed by atoms with Gasteiger partial charge in [-0.3, -0.25) is 4.79 Å². The lowest BCUT2D eigenvalue weighted by atomic mass is 10.0. The Bertz CT molecular complexity index is 919. The molecule has 6 nitrogen and oxygen atoms in total. The van der Waals surface area contributed by atoms with Gasteiger partial charge in [0.25, 0.3) is 5.91 Å². The van der Waals surface area contributed by atoms with Crippen molar-refractivity contribution in [2.24, 2.45) is 10.6 Å². The maximum absolute atomic E-state index is 12.5. The van der Waals surface area contributed by atoms with Crippen LogP contribution in [0.15, 0.2) is 53.4 Å². The van der Waals surface area contributed by atoms with E-state index in [2.05, 4.69) is 19.2 Å². The van der Waals surface area contributed by atoms with E-state index < -0.39 is 10.0 Å². The number of hydrogen-bond acceptors (Lipinski definition) is 4. The minimum atomic E-state index is -3.71. The second-order valence-electron chi connectivity index (χ2n) is 7.09. The number of ether oxygens (including phenoxy) is 1. The van der Waals surface area contributed by atoms with Crippen molar-refractivity contribution in [3.63, 3.8) is 0 Å². The van der Waals surface area contributed by atoms with Gasteiger partial charge in [0.1, 0.15) is 5.75 Å². The summed E-state index contributed by atoms with van der Waals surface area (Å²) in [5.41, 5.74) is 1.42. The van der Waals surface area contributed by atoms with E-state index in [-0.39, 0.29) is 28.2 Å². The average Bonchev–Trinajstić information content (AvgIpc) is 3.14. The highest BCUT2D eigenvalue weighted by molar-refractivity contribution is 7.89. The minimum Gasteiger partial charge on any atom is -0.497 e. The number of rotatable bonds is 5. The molecule has 0 saturated heterocycles.